The van der Waals surface area contributed by atoms with Gasteiger partial charge in [-0.15, -0.1) is 0 Å². The summed E-state index contributed by atoms with van der Waals surface area (Å²) in [6.07, 6.45) is 1.20. The number of fused-ring (bicyclic) bond motifs is 6. The quantitative estimate of drug-likeness (QED) is 0.194. The van der Waals surface area contributed by atoms with Crippen LogP contribution in [0, 0.1) is 5.92 Å². The molecule has 0 radical (unpaired) electrons. The normalized spacial score (nSPS) is 25.3. The van der Waals surface area contributed by atoms with Crippen molar-refractivity contribution in [3.63, 3.8) is 0 Å². The lowest BCUT2D eigenvalue weighted by Crippen LogP contribution is -2.77. The van der Waals surface area contributed by atoms with E-state index in [1.165, 1.54) is 0 Å². The number of nitrogens with one attached hydrogen (secondary N) is 3. The van der Waals surface area contributed by atoms with E-state index >= 15 is 0 Å². The number of aliphatic hydroxyl groups is 1. The number of carbonyl (C=O) groups excluding carboxylic acids is 4. The molecule has 3 atom stereocenters. The Kier molecular flexibility index (Phi) is 7.90. The van der Waals surface area contributed by atoms with Crippen molar-refractivity contribution < 1.29 is 43.2 Å². The van der Waals surface area contributed by atoms with Crippen molar-refractivity contribution in [1.82, 2.24) is 25.5 Å². The van der Waals surface area contributed by atoms with E-state index in [0.29, 0.717) is 47.7 Å². The van der Waals surface area contributed by atoms with E-state index in [1.807, 2.05) is 12.1 Å². The highest BCUT2D eigenvalue weighted by molar-refractivity contribution is 5.94. The molecule has 3 amide bonds. The van der Waals surface area contributed by atoms with E-state index in [1.54, 1.807) is 59.1 Å². The van der Waals surface area contributed by atoms with Gasteiger partial charge in [-0.05, 0) is 77.0 Å². The van der Waals surface area contributed by atoms with Crippen LogP contribution in [0.4, 0.5) is 4.79 Å². The zero-order valence-corrected chi connectivity index (χ0v) is 31.4. The number of esters is 1. The Bertz CT molecular complexity index is 2220. The van der Waals surface area contributed by atoms with Crippen molar-refractivity contribution in [3.05, 3.63) is 50.8 Å². The highest BCUT2D eigenvalue weighted by Crippen LogP contribution is 2.70. The number of benzene rings is 1. The van der Waals surface area contributed by atoms with E-state index in [9.17, 15) is 29.1 Å². The van der Waals surface area contributed by atoms with Crippen molar-refractivity contribution in [1.29, 1.82) is 0 Å². The van der Waals surface area contributed by atoms with Crippen LogP contribution < -0.4 is 31.0 Å². The van der Waals surface area contributed by atoms with Crippen LogP contribution in [0.25, 0.3) is 22.3 Å². The third kappa shape index (κ3) is 5.41. The zero-order valence-electron chi connectivity index (χ0n) is 31.4. The summed E-state index contributed by atoms with van der Waals surface area (Å²) in [5.74, 6) is -0.724. The first kappa shape index (κ1) is 35.8. The third-order valence-corrected chi connectivity index (χ3v) is 11.5. The molecule has 6 aliphatic rings. The van der Waals surface area contributed by atoms with Gasteiger partial charge in [0, 0.05) is 33.5 Å². The van der Waals surface area contributed by atoms with Crippen molar-refractivity contribution in [2.75, 3.05) is 6.79 Å². The number of ether oxygens (including phenoxy) is 4. The molecule has 3 saturated carbocycles. The van der Waals surface area contributed by atoms with Gasteiger partial charge < -0.3 is 44.6 Å². The molecule has 5 heterocycles. The first-order valence-corrected chi connectivity index (χ1v) is 18.4. The molecular formula is C39H45N5O10. The molecule has 3 aliphatic heterocycles. The molecule has 54 heavy (non-hydrogen) atoms. The second-order valence-electron chi connectivity index (χ2n) is 16.8. The number of alkyl carbamates (subject to hydrolysis) is 1. The van der Waals surface area contributed by atoms with Gasteiger partial charge in [-0.2, -0.15) is 0 Å². The molecule has 0 saturated heterocycles. The number of pyridine rings is 2. The van der Waals surface area contributed by atoms with E-state index in [2.05, 4.69) is 16.0 Å². The maximum Gasteiger partial charge on any atom is 0.408 e. The number of nitrogens with zero attached hydrogens (tertiary/aromatic N) is 2. The SMILES string of the molecule is CC[C@@]1(O)C(=O)OCc2c1cc1n(c2=O)Cc2c-1nc1cc3c(cc1c2C12CC(NC(=O)[C@H](C)NC(=O)[C@@H](NC(=O)OC(C)(C)C)C(C)C)(C1)C2)OCO3. The summed E-state index contributed by atoms with van der Waals surface area (Å²) in [6, 6.07) is 3.68. The van der Waals surface area contributed by atoms with Crippen LogP contribution in [0.2, 0.25) is 0 Å². The minimum atomic E-state index is -1.95. The van der Waals surface area contributed by atoms with Crippen LogP contribution >= 0.6 is 0 Å². The molecule has 3 aromatic rings. The van der Waals surface area contributed by atoms with E-state index in [-0.39, 0.29) is 60.3 Å². The number of carbonyl (C=O) groups is 4. The molecule has 15 nitrogen and oxygen atoms in total. The molecule has 4 N–H and O–H groups in total. The summed E-state index contributed by atoms with van der Waals surface area (Å²) in [5, 5.41) is 20.8. The summed E-state index contributed by atoms with van der Waals surface area (Å²) >= 11 is 0. The van der Waals surface area contributed by atoms with Crippen molar-refractivity contribution >= 4 is 34.8 Å². The number of aromatic nitrogens is 2. The lowest BCUT2D eigenvalue weighted by atomic mass is 9.37. The third-order valence-electron chi connectivity index (χ3n) is 11.5. The van der Waals surface area contributed by atoms with Gasteiger partial charge in [0.2, 0.25) is 18.6 Å². The molecule has 3 fully saturated rings. The Labute approximate surface area is 311 Å². The van der Waals surface area contributed by atoms with Crippen molar-refractivity contribution in [2.24, 2.45) is 5.92 Å². The van der Waals surface area contributed by atoms with Gasteiger partial charge in [0.15, 0.2) is 17.1 Å². The van der Waals surface area contributed by atoms with Gasteiger partial charge in [-0.3, -0.25) is 14.4 Å². The standard InChI is InChI=1S/C39H45N5O10/c1-8-39(50)23-10-25-30-21(12-44(25)33(47)22(23)13-51-34(39)48)28(20-9-26-27(53-17-52-26)11-24(20)41-30)37-14-38(15-37,16-37)43-31(45)19(4)40-32(46)29(18(2)3)42-35(49)54-36(5,6)7/h9-11,18-19,29,50H,8,12-17H2,1-7H3,(H,40,46)(H,42,49)(H,43,45)/t19-,29-,37?,38?,39-/m0/s1. The highest BCUT2D eigenvalue weighted by Gasteiger charge is 2.70. The number of hydrogen-bond acceptors (Lipinski definition) is 11. The second-order valence-corrected chi connectivity index (χ2v) is 16.8. The maximum atomic E-state index is 14.0. The predicted molar refractivity (Wildman–Crippen MR) is 193 cm³/mol. The number of cyclic esters (lactones) is 1. The van der Waals surface area contributed by atoms with Gasteiger partial charge in [0.05, 0.1) is 29.0 Å². The maximum absolute atomic E-state index is 14.0. The summed E-state index contributed by atoms with van der Waals surface area (Å²) in [6.45, 7) is 12.2. The zero-order chi connectivity index (χ0) is 38.7. The van der Waals surface area contributed by atoms with Crippen LogP contribution in [0.15, 0.2) is 23.0 Å². The fraction of sp³-hybridized carbons (Fsp3) is 0.538. The van der Waals surface area contributed by atoms with Crippen molar-refractivity contribution in [2.45, 2.75) is 122 Å². The van der Waals surface area contributed by atoms with E-state index in [4.69, 9.17) is 23.9 Å². The predicted octanol–water partition coefficient (Wildman–Crippen LogP) is 3.15. The second kappa shape index (κ2) is 11.9. The minimum absolute atomic E-state index is 0.0367. The van der Waals surface area contributed by atoms with Gasteiger partial charge in [0.25, 0.3) is 5.56 Å². The Morgan fingerprint density at radius 3 is 2.31 bits per heavy atom. The van der Waals surface area contributed by atoms with Crippen molar-refractivity contribution in [3.8, 4) is 22.9 Å². The first-order chi connectivity index (χ1) is 25.4. The van der Waals surface area contributed by atoms with Gasteiger partial charge >= 0.3 is 12.1 Å². The molecule has 286 valence electrons. The highest BCUT2D eigenvalue weighted by atomic mass is 16.7. The Morgan fingerprint density at radius 1 is 0.981 bits per heavy atom. The average Bonchev–Trinajstić information content (AvgIpc) is 3.68. The Balaban J connectivity index is 1.06. The fourth-order valence-electron chi connectivity index (χ4n) is 8.97. The summed E-state index contributed by atoms with van der Waals surface area (Å²) < 4.78 is 23.7. The van der Waals surface area contributed by atoms with Crippen LogP contribution in [0.5, 0.6) is 11.5 Å². The smallest absolute Gasteiger partial charge is 0.408 e. The fourth-order valence-corrected chi connectivity index (χ4v) is 8.97. The molecular weight excluding hydrogens is 698 g/mol. The summed E-state index contributed by atoms with van der Waals surface area (Å²) in [4.78, 5) is 70.9. The minimum Gasteiger partial charge on any atom is -0.458 e. The summed E-state index contributed by atoms with van der Waals surface area (Å²) in [7, 11) is 0. The Morgan fingerprint density at radius 2 is 1.67 bits per heavy atom. The van der Waals surface area contributed by atoms with Gasteiger partial charge in [0.1, 0.15) is 24.3 Å². The lowest BCUT2D eigenvalue weighted by Gasteiger charge is -2.71. The molecule has 1 aromatic carbocycles. The lowest BCUT2D eigenvalue weighted by molar-refractivity contribution is -0.172. The van der Waals surface area contributed by atoms with Crippen LogP contribution in [-0.4, -0.2) is 68.6 Å². The molecule has 2 bridgehead atoms. The largest absolute Gasteiger partial charge is 0.458 e. The number of hydrogen-bond donors (Lipinski definition) is 4. The molecule has 9 rings (SSSR count). The van der Waals surface area contributed by atoms with Crippen LogP contribution in [-0.2, 0) is 48.0 Å². The summed E-state index contributed by atoms with van der Waals surface area (Å²) in [5.41, 5.74) is 0.267. The van der Waals surface area contributed by atoms with Crippen LogP contribution in [0.3, 0.4) is 0 Å². The number of rotatable bonds is 8. The van der Waals surface area contributed by atoms with Gasteiger partial charge in [-0.25, -0.2) is 14.6 Å². The first-order valence-electron chi connectivity index (χ1n) is 18.4. The topological polar surface area (TPSA) is 196 Å². The molecule has 0 unspecified atom stereocenters. The molecule has 15 heteroatoms. The molecule has 3 aliphatic carbocycles. The van der Waals surface area contributed by atoms with Crippen LogP contribution in [0.1, 0.15) is 96.4 Å². The number of amides is 3. The molecule has 0 spiro atoms. The molecule has 2 aromatic heterocycles. The monoisotopic (exact) mass is 743 g/mol. The van der Waals surface area contributed by atoms with E-state index in [0.717, 1.165) is 16.5 Å². The average molecular weight is 744 g/mol. The van der Waals surface area contributed by atoms with E-state index < -0.39 is 46.8 Å². The van der Waals surface area contributed by atoms with Gasteiger partial charge in [-0.1, -0.05) is 20.8 Å². The Hall–Kier alpha value is -5.18.